The Morgan fingerprint density at radius 3 is 2.43 bits per heavy atom. The summed E-state index contributed by atoms with van der Waals surface area (Å²) in [6, 6.07) is 0. The van der Waals surface area contributed by atoms with Gasteiger partial charge in [0.2, 0.25) is 17.8 Å². The van der Waals surface area contributed by atoms with Crippen LogP contribution in [0.1, 0.15) is 19.8 Å². The Labute approximate surface area is 121 Å². The van der Waals surface area contributed by atoms with Crippen LogP contribution >= 0.6 is 0 Å². The maximum Gasteiger partial charge on any atom is 0.406 e. The van der Waals surface area contributed by atoms with Gasteiger partial charge in [0.1, 0.15) is 6.54 Å². The summed E-state index contributed by atoms with van der Waals surface area (Å²) >= 11 is 0. The van der Waals surface area contributed by atoms with E-state index in [2.05, 4.69) is 20.3 Å². The molecule has 1 fully saturated rings. The molecule has 6 nitrogen and oxygen atoms in total. The van der Waals surface area contributed by atoms with Crippen molar-refractivity contribution >= 4 is 17.8 Å². The summed E-state index contributed by atoms with van der Waals surface area (Å²) in [6.45, 7) is 3.00. The zero-order valence-corrected chi connectivity index (χ0v) is 12.1. The molecule has 118 valence electrons. The Morgan fingerprint density at radius 2 is 1.86 bits per heavy atom. The van der Waals surface area contributed by atoms with Gasteiger partial charge in [0.15, 0.2) is 0 Å². The first-order valence-electron chi connectivity index (χ1n) is 6.92. The van der Waals surface area contributed by atoms with E-state index in [9.17, 15) is 13.2 Å². The highest BCUT2D eigenvalue weighted by Crippen LogP contribution is 2.22. The fourth-order valence-corrected chi connectivity index (χ4v) is 2.16. The van der Waals surface area contributed by atoms with E-state index in [4.69, 9.17) is 0 Å². The predicted octanol–water partition coefficient (Wildman–Crippen LogP) is 1.90. The first kappa shape index (κ1) is 15.6. The van der Waals surface area contributed by atoms with Crippen LogP contribution in [0.15, 0.2) is 0 Å². The highest BCUT2D eigenvalue weighted by atomic mass is 19.4. The van der Waals surface area contributed by atoms with Crippen LogP contribution in [-0.2, 0) is 0 Å². The zero-order chi connectivity index (χ0) is 15.5. The average Bonchev–Trinajstić information content (AvgIpc) is 2.90. The molecule has 1 aliphatic rings. The number of hydrogen-bond acceptors (Lipinski definition) is 6. The number of halogens is 3. The van der Waals surface area contributed by atoms with E-state index in [1.54, 1.807) is 0 Å². The van der Waals surface area contributed by atoms with Gasteiger partial charge in [-0.15, -0.1) is 0 Å². The number of alkyl halides is 3. The molecule has 0 aromatic carbocycles. The van der Waals surface area contributed by atoms with Gasteiger partial charge in [0.05, 0.1) is 0 Å². The second-order valence-corrected chi connectivity index (χ2v) is 4.95. The van der Waals surface area contributed by atoms with Crippen LogP contribution in [0.5, 0.6) is 0 Å². The van der Waals surface area contributed by atoms with Crippen molar-refractivity contribution in [2.24, 2.45) is 0 Å². The third-order valence-corrected chi connectivity index (χ3v) is 3.09. The van der Waals surface area contributed by atoms with Crippen LogP contribution in [0.2, 0.25) is 0 Å². The molecule has 2 heterocycles. The van der Waals surface area contributed by atoms with Gasteiger partial charge in [0.25, 0.3) is 0 Å². The Bertz CT molecular complexity index is 473. The maximum atomic E-state index is 12.5. The molecule has 0 amide bonds. The molecule has 1 N–H and O–H groups in total. The highest BCUT2D eigenvalue weighted by Gasteiger charge is 2.31. The van der Waals surface area contributed by atoms with Crippen LogP contribution in [0, 0.1) is 0 Å². The third kappa shape index (κ3) is 4.33. The first-order chi connectivity index (χ1) is 9.89. The lowest BCUT2D eigenvalue weighted by molar-refractivity contribution is -0.119. The van der Waals surface area contributed by atoms with E-state index in [0.717, 1.165) is 30.8 Å². The fraction of sp³-hybridized carbons (Fsp3) is 0.750. The van der Waals surface area contributed by atoms with E-state index >= 15 is 0 Å². The summed E-state index contributed by atoms with van der Waals surface area (Å²) in [5.74, 6) is 0.765. The molecule has 0 spiro atoms. The number of anilines is 3. The van der Waals surface area contributed by atoms with Crippen LogP contribution in [-0.4, -0.2) is 54.4 Å². The lowest BCUT2D eigenvalue weighted by Crippen LogP contribution is -2.33. The molecule has 21 heavy (non-hydrogen) atoms. The van der Waals surface area contributed by atoms with E-state index < -0.39 is 12.7 Å². The molecule has 0 atom stereocenters. The molecule has 1 aromatic rings. The molecule has 9 heteroatoms. The zero-order valence-electron chi connectivity index (χ0n) is 12.1. The van der Waals surface area contributed by atoms with Crippen molar-refractivity contribution in [3.8, 4) is 0 Å². The van der Waals surface area contributed by atoms with Gasteiger partial charge in [0, 0.05) is 26.7 Å². The standard InChI is InChI=1S/C12H19F3N6/c1-3-16-9-17-10(20(2)8-12(13,14)15)19-11(18-9)21-6-4-5-7-21/h3-8H2,1-2H3,(H,16,17,18,19). The average molecular weight is 304 g/mol. The second-order valence-electron chi connectivity index (χ2n) is 4.95. The normalized spacial score (nSPS) is 15.4. The van der Waals surface area contributed by atoms with Crippen molar-refractivity contribution in [1.82, 2.24) is 15.0 Å². The smallest absolute Gasteiger partial charge is 0.354 e. The summed E-state index contributed by atoms with van der Waals surface area (Å²) in [4.78, 5) is 15.4. The molecule has 2 rings (SSSR count). The summed E-state index contributed by atoms with van der Waals surface area (Å²) in [7, 11) is 1.33. The highest BCUT2D eigenvalue weighted by molar-refractivity contribution is 5.45. The largest absolute Gasteiger partial charge is 0.406 e. The third-order valence-electron chi connectivity index (χ3n) is 3.09. The van der Waals surface area contributed by atoms with Gasteiger partial charge < -0.3 is 15.1 Å². The number of aromatic nitrogens is 3. The van der Waals surface area contributed by atoms with Crippen LogP contribution < -0.4 is 15.1 Å². The molecule has 1 saturated heterocycles. The van der Waals surface area contributed by atoms with Crippen molar-refractivity contribution < 1.29 is 13.2 Å². The fourth-order valence-electron chi connectivity index (χ4n) is 2.16. The topological polar surface area (TPSA) is 57.2 Å². The Balaban J connectivity index is 2.26. The Morgan fingerprint density at radius 1 is 1.19 bits per heavy atom. The van der Waals surface area contributed by atoms with E-state index in [1.807, 2.05) is 11.8 Å². The lowest BCUT2D eigenvalue weighted by atomic mass is 10.4. The first-order valence-corrected chi connectivity index (χ1v) is 6.92. The Kier molecular flexibility index (Phi) is 4.69. The van der Waals surface area contributed by atoms with Crippen molar-refractivity contribution in [1.29, 1.82) is 0 Å². The van der Waals surface area contributed by atoms with Gasteiger partial charge in [-0.3, -0.25) is 0 Å². The Hall–Kier alpha value is -1.80. The minimum Gasteiger partial charge on any atom is -0.354 e. The predicted molar refractivity (Wildman–Crippen MR) is 74.8 cm³/mol. The maximum absolute atomic E-state index is 12.5. The van der Waals surface area contributed by atoms with Gasteiger partial charge >= 0.3 is 6.18 Å². The van der Waals surface area contributed by atoms with E-state index in [-0.39, 0.29) is 5.95 Å². The summed E-state index contributed by atoms with van der Waals surface area (Å²) in [5.41, 5.74) is 0. The summed E-state index contributed by atoms with van der Waals surface area (Å²) < 4.78 is 37.5. The minimum absolute atomic E-state index is 0.0279. The summed E-state index contributed by atoms with van der Waals surface area (Å²) in [6.07, 6.45) is -2.22. The van der Waals surface area contributed by atoms with Crippen LogP contribution in [0.25, 0.3) is 0 Å². The van der Waals surface area contributed by atoms with Gasteiger partial charge in [-0.1, -0.05) is 0 Å². The number of hydrogen-bond donors (Lipinski definition) is 1. The van der Waals surface area contributed by atoms with Gasteiger partial charge in [-0.05, 0) is 19.8 Å². The summed E-state index contributed by atoms with van der Waals surface area (Å²) in [5, 5.41) is 2.93. The lowest BCUT2D eigenvalue weighted by Gasteiger charge is -2.22. The van der Waals surface area contributed by atoms with Crippen LogP contribution in [0.4, 0.5) is 31.0 Å². The van der Waals surface area contributed by atoms with Crippen LogP contribution in [0.3, 0.4) is 0 Å². The van der Waals surface area contributed by atoms with Crippen molar-refractivity contribution in [3.05, 3.63) is 0 Å². The number of rotatable bonds is 5. The molecule has 0 saturated carbocycles. The molecule has 0 radical (unpaired) electrons. The quantitative estimate of drug-likeness (QED) is 0.896. The number of nitrogens with one attached hydrogen (secondary N) is 1. The minimum atomic E-state index is -4.30. The molecular weight excluding hydrogens is 285 g/mol. The van der Waals surface area contributed by atoms with Crippen molar-refractivity contribution in [2.75, 3.05) is 48.3 Å². The molecule has 1 aromatic heterocycles. The van der Waals surface area contributed by atoms with Crippen molar-refractivity contribution in [2.45, 2.75) is 25.9 Å². The van der Waals surface area contributed by atoms with Crippen molar-refractivity contribution in [3.63, 3.8) is 0 Å². The molecule has 1 aliphatic heterocycles. The van der Waals surface area contributed by atoms with E-state index in [0.29, 0.717) is 18.4 Å². The van der Waals surface area contributed by atoms with Gasteiger partial charge in [-0.25, -0.2) is 0 Å². The SMILES string of the molecule is CCNc1nc(N(C)CC(F)(F)F)nc(N2CCCC2)n1. The number of nitrogens with zero attached hydrogens (tertiary/aromatic N) is 5. The monoisotopic (exact) mass is 304 g/mol. The second kappa shape index (κ2) is 6.31. The molecule has 0 aliphatic carbocycles. The van der Waals surface area contributed by atoms with E-state index in [1.165, 1.54) is 7.05 Å². The molecular formula is C12H19F3N6. The molecule has 0 bridgehead atoms. The molecule has 0 unspecified atom stereocenters. The van der Waals surface area contributed by atoms with Gasteiger partial charge in [-0.2, -0.15) is 28.1 Å².